The summed E-state index contributed by atoms with van der Waals surface area (Å²) in [5.74, 6) is -0.726. The van der Waals surface area contributed by atoms with Crippen molar-refractivity contribution in [1.82, 2.24) is 9.88 Å². The predicted octanol–water partition coefficient (Wildman–Crippen LogP) is 1.98. The molecule has 0 spiro atoms. The molecule has 0 radical (unpaired) electrons. The van der Waals surface area contributed by atoms with Gasteiger partial charge in [0.25, 0.3) is 5.91 Å². The van der Waals surface area contributed by atoms with Crippen molar-refractivity contribution >= 4 is 11.9 Å². The molecule has 1 fully saturated rings. The maximum Gasteiger partial charge on any atom is 0.323 e. The number of nitrogens with zero attached hydrogens (tertiary/aromatic N) is 1. The van der Waals surface area contributed by atoms with Crippen LogP contribution in [0.1, 0.15) is 38.2 Å². The Hall–Kier alpha value is -1.78. The molecular weight excluding hydrogens is 256 g/mol. The molecule has 0 bridgehead atoms. The summed E-state index contributed by atoms with van der Waals surface area (Å²) in [6.45, 7) is 9.25. The quantitative estimate of drug-likeness (QED) is 0.865. The Morgan fingerprint density at radius 1 is 1.30 bits per heavy atom. The first-order chi connectivity index (χ1) is 9.18. The Bertz CT molecular complexity index is 529. The highest BCUT2D eigenvalue weighted by molar-refractivity contribution is 5.93. The molecule has 5 nitrogen and oxygen atoms in total. The topological polar surface area (TPSA) is 71.3 Å². The number of rotatable bonds is 5. The van der Waals surface area contributed by atoms with Gasteiger partial charge in [-0.25, -0.2) is 0 Å². The standard InChI is InChI=1S/C15H22N2O3/c1-14(2)11(15(14,3)4)8-16-13(20)10-6-5-7-17(10)9-12(18)19/h5-7,11H,8-9H2,1-4H3,(H,16,20)(H,18,19). The summed E-state index contributed by atoms with van der Waals surface area (Å²) in [6, 6.07) is 3.32. The molecule has 110 valence electrons. The first-order valence-corrected chi connectivity index (χ1v) is 6.83. The van der Waals surface area contributed by atoms with Crippen molar-refractivity contribution in [3.05, 3.63) is 24.0 Å². The number of carboxylic acid groups (broad SMARTS) is 1. The van der Waals surface area contributed by atoms with Crippen LogP contribution in [0, 0.1) is 16.7 Å². The third-order valence-electron chi connectivity index (χ3n) is 5.15. The van der Waals surface area contributed by atoms with Crippen LogP contribution in [0.4, 0.5) is 0 Å². The van der Waals surface area contributed by atoms with E-state index in [1.54, 1.807) is 18.3 Å². The van der Waals surface area contributed by atoms with Gasteiger partial charge in [-0.15, -0.1) is 0 Å². The number of carbonyl (C=O) groups is 2. The molecule has 20 heavy (non-hydrogen) atoms. The van der Waals surface area contributed by atoms with E-state index in [1.165, 1.54) is 4.57 Å². The van der Waals surface area contributed by atoms with Gasteiger partial charge in [0.2, 0.25) is 0 Å². The summed E-state index contributed by atoms with van der Waals surface area (Å²) < 4.78 is 1.45. The van der Waals surface area contributed by atoms with Gasteiger partial charge in [0.15, 0.2) is 0 Å². The van der Waals surface area contributed by atoms with Crippen LogP contribution in [0.15, 0.2) is 18.3 Å². The number of hydrogen-bond acceptors (Lipinski definition) is 2. The van der Waals surface area contributed by atoms with Gasteiger partial charge in [0, 0.05) is 12.7 Å². The van der Waals surface area contributed by atoms with Crippen LogP contribution in [0.5, 0.6) is 0 Å². The van der Waals surface area contributed by atoms with E-state index in [2.05, 4.69) is 33.0 Å². The van der Waals surface area contributed by atoms with Crippen LogP contribution in [-0.2, 0) is 11.3 Å². The van der Waals surface area contributed by atoms with E-state index in [9.17, 15) is 9.59 Å². The second-order valence-electron chi connectivity index (χ2n) is 6.62. The number of carbonyl (C=O) groups excluding carboxylic acids is 1. The minimum absolute atomic E-state index is 0.198. The summed E-state index contributed by atoms with van der Waals surface area (Å²) in [4.78, 5) is 22.9. The Morgan fingerprint density at radius 2 is 1.90 bits per heavy atom. The number of amides is 1. The van der Waals surface area contributed by atoms with Crippen LogP contribution in [-0.4, -0.2) is 28.1 Å². The summed E-state index contributed by atoms with van der Waals surface area (Å²) in [6.07, 6.45) is 1.61. The van der Waals surface area contributed by atoms with Gasteiger partial charge in [-0.05, 0) is 28.9 Å². The molecule has 0 aromatic carbocycles. The number of aromatic nitrogens is 1. The molecule has 1 heterocycles. The minimum Gasteiger partial charge on any atom is -0.480 e. The zero-order valence-corrected chi connectivity index (χ0v) is 12.4. The summed E-state index contributed by atoms with van der Waals surface area (Å²) in [5, 5.41) is 11.7. The van der Waals surface area contributed by atoms with E-state index in [1.807, 2.05) is 0 Å². The Balaban J connectivity index is 1.97. The van der Waals surface area contributed by atoms with E-state index in [0.717, 1.165) is 0 Å². The third-order valence-corrected chi connectivity index (χ3v) is 5.15. The van der Waals surface area contributed by atoms with Crippen LogP contribution in [0.3, 0.4) is 0 Å². The minimum atomic E-state index is -0.959. The summed E-state index contributed by atoms with van der Waals surface area (Å²) >= 11 is 0. The fraction of sp³-hybridized carbons (Fsp3) is 0.600. The van der Waals surface area contributed by atoms with E-state index in [4.69, 9.17) is 5.11 Å². The first kappa shape index (κ1) is 14.6. The molecule has 0 aliphatic heterocycles. The normalized spacial score (nSPS) is 19.6. The molecule has 0 unspecified atom stereocenters. The highest BCUT2D eigenvalue weighted by Gasteiger charge is 2.64. The molecule has 1 aromatic rings. The van der Waals surface area contributed by atoms with Crippen molar-refractivity contribution in [3.8, 4) is 0 Å². The molecule has 2 N–H and O–H groups in total. The monoisotopic (exact) mass is 278 g/mol. The van der Waals surface area contributed by atoms with Crippen molar-refractivity contribution < 1.29 is 14.7 Å². The van der Waals surface area contributed by atoms with E-state index in [-0.39, 0.29) is 23.3 Å². The SMILES string of the molecule is CC1(C)C(CNC(=O)c2cccn2CC(=O)O)C1(C)C. The van der Waals surface area contributed by atoms with Crippen molar-refractivity contribution in [1.29, 1.82) is 0 Å². The number of aliphatic carboxylic acids is 1. The van der Waals surface area contributed by atoms with Gasteiger partial charge in [0.05, 0.1) is 0 Å². The molecule has 2 rings (SSSR count). The van der Waals surface area contributed by atoms with Crippen molar-refractivity contribution in [3.63, 3.8) is 0 Å². The van der Waals surface area contributed by atoms with Gasteiger partial charge >= 0.3 is 5.97 Å². The number of nitrogens with one attached hydrogen (secondary N) is 1. The van der Waals surface area contributed by atoms with Gasteiger partial charge in [-0.3, -0.25) is 9.59 Å². The van der Waals surface area contributed by atoms with Crippen molar-refractivity contribution in [2.24, 2.45) is 16.7 Å². The number of carboxylic acids is 1. The van der Waals surface area contributed by atoms with Crippen molar-refractivity contribution in [2.75, 3.05) is 6.54 Å². The maximum atomic E-state index is 12.1. The van der Waals surface area contributed by atoms with Crippen LogP contribution < -0.4 is 5.32 Å². The molecular formula is C15H22N2O3. The highest BCUT2D eigenvalue weighted by atomic mass is 16.4. The second-order valence-corrected chi connectivity index (χ2v) is 6.62. The van der Waals surface area contributed by atoms with Gasteiger partial charge < -0.3 is 15.0 Å². The summed E-state index contributed by atoms with van der Waals surface area (Å²) in [7, 11) is 0. The fourth-order valence-electron chi connectivity index (χ4n) is 3.03. The van der Waals surface area contributed by atoms with Gasteiger partial charge in [0.1, 0.15) is 12.2 Å². The molecule has 5 heteroatoms. The number of hydrogen-bond donors (Lipinski definition) is 2. The van der Waals surface area contributed by atoms with Gasteiger partial charge in [-0.1, -0.05) is 27.7 Å². The Labute approximate surface area is 119 Å². The smallest absolute Gasteiger partial charge is 0.323 e. The average Bonchev–Trinajstić information content (AvgIpc) is 2.68. The summed E-state index contributed by atoms with van der Waals surface area (Å²) in [5.41, 5.74) is 0.843. The lowest BCUT2D eigenvalue weighted by atomic mass is 10.0. The fourth-order valence-corrected chi connectivity index (χ4v) is 3.03. The average molecular weight is 278 g/mol. The lowest BCUT2D eigenvalue weighted by Crippen LogP contribution is -2.29. The Kier molecular flexibility index (Phi) is 3.40. The molecule has 0 saturated heterocycles. The molecule has 1 saturated carbocycles. The first-order valence-electron chi connectivity index (χ1n) is 6.83. The third kappa shape index (κ3) is 2.32. The zero-order valence-electron chi connectivity index (χ0n) is 12.4. The predicted molar refractivity (Wildman–Crippen MR) is 75.5 cm³/mol. The van der Waals surface area contributed by atoms with Crippen LogP contribution >= 0.6 is 0 Å². The maximum absolute atomic E-state index is 12.1. The lowest BCUT2D eigenvalue weighted by Gasteiger charge is -2.09. The highest BCUT2D eigenvalue weighted by Crippen LogP contribution is 2.67. The molecule has 1 amide bonds. The lowest BCUT2D eigenvalue weighted by molar-refractivity contribution is -0.137. The zero-order chi connectivity index (χ0) is 15.1. The molecule has 1 aliphatic carbocycles. The molecule has 1 aliphatic rings. The second kappa shape index (κ2) is 4.65. The molecule has 0 atom stereocenters. The van der Waals surface area contributed by atoms with E-state index < -0.39 is 5.97 Å². The van der Waals surface area contributed by atoms with E-state index in [0.29, 0.717) is 18.2 Å². The Morgan fingerprint density at radius 3 is 2.40 bits per heavy atom. The largest absolute Gasteiger partial charge is 0.480 e. The van der Waals surface area contributed by atoms with Crippen LogP contribution in [0.25, 0.3) is 0 Å². The molecule has 1 aromatic heterocycles. The van der Waals surface area contributed by atoms with Crippen LogP contribution in [0.2, 0.25) is 0 Å². The van der Waals surface area contributed by atoms with Gasteiger partial charge in [-0.2, -0.15) is 0 Å². The van der Waals surface area contributed by atoms with Crippen molar-refractivity contribution in [2.45, 2.75) is 34.2 Å². The van der Waals surface area contributed by atoms with E-state index >= 15 is 0 Å².